The second-order valence-electron chi connectivity index (χ2n) is 8.26. The third kappa shape index (κ3) is 5.85. The number of benzene rings is 1. The van der Waals surface area contributed by atoms with E-state index >= 15 is 0 Å². The first kappa shape index (κ1) is 24.4. The SMILES string of the molecule is Bc1cc(C)c(NC(=O)c2cnc(Nc3cc(N4CCN(CCO)CC4)nc(C)n3)s2)c(Cl)c1. The van der Waals surface area contributed by atoms with Gasteiger partial charge in [0.05, 0.1) is 23.5 Å². The number of nitrogens with one attached hydrogen (secondary N) is 2. The summed E-state index contributed by atoms with van der Waals surface area (Å²) in [7, 11) is 1.96. The Kier molecular flexibility index (Phi) is 7.67. The highest BCUT2D eigenvalue weighted by molar-refractivity contribution is 7.17. The molecule has 1 fully saturated rings. The summed E-state index contributed by atoms with van der Waals surface area (Å²) in [6.45, 7) is 8.05. The van der Waals surface area contributed by atoms with Gasteiger partial charge in [0.1, 0.15) is 30.2 Å². The van der Waals surface area contributed by atoms with E-state index < -0.39 is 0 Å². The fourth-order valence-corrected chi connectivity index (χ4v) is 5.00. The second kappa shape index (κ2) is 10.7. The number of piperazine rings is 1. The molecule has 0 unspecified atom stereocenters. The molecule has 1 aliphatic rings. The molecule has 0 saturated carbocycles. The minimum absolute atomic E-state index is 0.173. The number of halogens is 1. The Balaban J connectivity index is 1.43. The zero-order valence-electron chi connectivity index (χ0n) is 19.4. The number of aromatic nitrogens is 3. The number of carbonyl (C=O) groups is 1. The number of aliphatic hydroxyl groups excluding tert-OH is 1. The number of hydrogen-bond donors (Lipinski definition) is 3. The number of nitrogens with zero attached hydrogens (tertiary/aromatic N) is 5. The zero-order chi connectivity index (χ0) is 24.2. The van der Waals surface area contributed by atoms with Crippen LogP contribution in [0.15, 0.2) is 24.4 Å². The van der Waals surface area contributed by atoms with Crippen LogP contribution in [0.5, 0.6) is 0 Å². The Labute approximate surface area is 208 Å². The van der Waals surface area contributed by atoms with Crippen LogP contribution in [0.3, 0.4) is 0 Å². The molecule has 1 aromatic carbocycles. The van der Waals surface area contributed by atoms with Crippen molar-refractivity contribution in [2.24, 2.45) is 0 Å². The Morgan fingerprint density at radius 1 is 1.21 bits per heavy atom. The lowest BCUT2D eigenvalue weighted by Gasteiger charge is -2.35. The summed E-state index contributed by atoms with van der Waals surface area (Å²) < 4.78 is 0. The van der Waals surface area contributed by atoms with Crippen LogP contribution in [0.25, 0.3) is 0 Å². The van der Waals surface area contributed by atoms with Crippen LogP contribution >= 0.6 is 22.9 Å². The van der Waals surface area contributed by atoms with Crippen LogP contribution in [-0.4, -0.2) is 78.0 Å². The van der Waals surface area contributed by atoms with E-state index in [0.29, 0.717) is 38.9 Å². The van der Waals surface area contributed by atoms with Crippen LogP contribution < -0.4 is 21.0 Å². The summed E-state index contributed by atoms with van der Waals surface area (Å²) in [5, 5.41) is 16.3. The van der Waals surface area contributed by atoms with Crippen molar-refractivity contribution in [3.63, 3.8) is 0 Å². The van der Waals surface area contributed by atoms with E-state index in [1.807, 2.05) is 39.9 Å². The van der Waals surface area contributed by atoms with Crippen LogP contribution in [0.2, 0.25) is 5.02 Å². The van der Waals surface area contributed by atoms with Gasteiger partial charge in [-0.15, -0.1) is 0 Å². The van der Waals surface area contributed by atoms with Crippen molar-refractivity contribution in [3.8, 4) is 0 Å². The molecule has 2 aromatic heterocycles. The van der Waals surface area contributed by atoms with Crippen molar-refractivity contribution in [1.29, 1.82) is 0 Å². The highest BCUT2D eigenvalue weighted by atomic mass is 35.5. The number of rotatable bonds is 7. The summed E-state index contributed by atoms with van der Waals surface area (Å²) in [6, 6.07) is 5.69. The molecule has 0 aliphatic carbocycles. The van der Waals surface area contributed by atoms with Gasteiger partial charge in [0, 0.05) is 38.8 Å². The molecular formula is C22H27BClN7O2S. The highest BCUT2D eigenvalue weighted by Crippen LogP contribution is 2.28. The Morgan fingerprint density at radius 3 is 2.68 bits per heavy atom. The first-order valence-corrected chi connectivity index (χ1v) is 12.3. The summed E-state index contributed by atoms with van der Waals surface area (Å²) >= 11 is 7.57. The number of aryl methyl sites for hydroxylation is 2. The van der Waals surface area contributed by atoms with Gasteiger partial charge >= 0.3 is 0 Å². The number of β-amino-alcohol motifs (C(OH)–C–C–N with tert-alkyl or cyclic N) is 1. The average molecular weight is 500 g/mol. The minimum Gasteiger partial charge on any atom is -0.395 e. The molecule has 1 saturated heterocycles. The first-order valence-electron chi connectivity index (χ1n) is 11.1. The number of aliphatic hydroxyl groups is 1. The van der Waals surface area contributed by atoms with Crippen molar-refractivity contribution < 1.29 is 9.90 Å². The molecule has 12 heteroatoms. The second-order valence-corrected chi connectivity index (χ2v) is 9.70. The maximum absolute atomic E-state index is 12.8. The third-order valence-electron chi connectivity index (χ3n) is 5.57. The Hall–Kier alpha value is -2.73. The van der Waals surface area contributed by atoms with Gasteiger partial charge in [-0.05, 0) is 25.5 Å². The van der Waals surface area contributed by atoms with Crippen molar-refractivity contribution in [2.45, 2.75) is 13.8 Å². The number of thiazole rings is 1. The van der Waals surface area contributed by atoms with E-state index in [1.165, 1.54) is 17.5 Å². The predicted octanol–water partition coefficient (Wildman–Crippen LogP) is 1.57. The first-order chi connectivity index (χ1) is 16.3. The number of amides is 1. The van der Waals surface area contributed by atoms with Crippen LogP contribution in [0, 0.1) is 13.8 Å². The zero-order valence-corrected chi connectivity index (χ0v) is 21.0. The molecule has 9 nitrogen and oxygen atoms in total. The van der Waals surface area contributed by atoms with Crippen LogP contribution in [-0.2, 0) is 0 Å². The van der Waals surface area contributed by atoms with E-state index in [-0.39, 0.29) is 12.5 Å². The van der Waals surface area contributed by atoms with Gasteiger partial charge in [0.15, 0.2) is 5.13 Å². The van der Waals surface area contributed by atoms with Gasteiger partial charge in [0.2, 0.25) is 0 Å². The summed E-state index contributed by atoms with van der Waals surface area (Å²) in [5.74, 6) is 1.85. The maximum Gasteiger partial charge on any atom is 0.267 e. The molecule has 3 N–H and O–H groups in total. The lowest BCUT2D eigenvalue weighted by Crippen LogP contribution is -2.47. The molecule has 0 radical (unpaired) electrons. The molecule has 34 heavy (non-hydrogen) atoms. The maximum atomic E-state index is 12.8. The van der Waals surface area contributed by atoms with Crippen molar-refractivity contribution in [3.05, 3.63) is 45.7 Å². The highest BCUT2D eigenvalue weighted by Gasteiger charge is 2.19. The monoisotopic (exact) mass is 499 g/mol. The van der Waals surface area contributed by atoms with Gasteiger partial charge in [-0.2, -0.15) is 0 Å². The van der Waals surface area contributed by atoms with E-state index in [0.717, 1.165) is 43.0 Å². The quantitative estimate of drug-likeness (QED) is 0.421. The van der Waals surface area contributed by atoms with E-state index in [2.05, 4.69) is 35.4 Å². The minimum atomic E-state index is -0.264. The van der Waals surface area contributed by atoms with Gasteiger partial charge < -0.3 is 20.6 Å². The normalized spacial score (nSPS) is 14.3. The largest absolute Gasteiger partial charge is 0.395 e. The topological polar surface area (TPSA) is 107 Å². The average Bonchev–Trinajstić information content (AvgIpc) is 3.25. The van der Waals surface area contributed by atoms with Crippen molar-refractivity contribution in [1.82, 2.24) is 19.9 Å². The van der Waals surface area contributed by atoms with Crippen LogP contribution in [0.1, 0.15) is 21.1 Å². The molecule has 178 valence electrons. The molecule has 4 rings (SSSR count). The summed E-state index contributed by atoms with van der Waals surface area (Å²) in [4.78, 5) is 31.1. The molecule has 0 atom stereocenters. The molecular weight excluding hydrogens is 473 g/mol. The third-order valence-corrected chi connectivity index (χ3v) is 6.78. The standard InChI is InChI=1S/C22H27BClN7O2S/c1-13-9-15(23)10-16(24)20(13)29-21(33)17-12-25-22(34-17)28-18-11-19(27-14(2)26-18)31-5-3-30(4-6-31)7-8-32/h9-12,32H,3-8,23H2,1-2H3,(H,29,33)(H,25,26,27,28). The molecule has 0 bridgehead atoms. The molecule has 1 amide bonds. The van der Waals surface area contributed by atoms with Crippen LogP contribution in [0.4, 0.5) is 22.5 Å². The Morgan fingerprint density at radius 2 is 1.97 bits per heavy atom. The molecule has 3 aromatic rings. The van der Waals surface area contributed by atoms with Crippen molar-refractivity contribution >= 4 is 64.6 Å². The van der Waals surface area contributed by atoms with E-state index in [1.54, 1.807) is 0 Å². The van der Waals surface area contributed by atoms with Gasteiger partial charge in [-0.25, -0.2) is 15.0 Å². The lowest BCUT2D eigenvalue weighted by molar-refractivity contribution is 0.103. The van der Waals surface area contributed by atoms with Gasteiger partial charge in [0.25, 0.3) is 5.91 Å². The number of hydrogen-bond acceptors (Lipinski definition) is 9. The molecule has 0 spiro atoms. The van der Waals surface area contributed by atoms with Gasteiger partial charge in [-0.3, -0.25) is 9.69 Å². The number of anilines is 4. The van der Waals surface area contributed by atoms with Gasteiger partial charge in [-0.1, -0.05) is 34.5 Å². The fraction of sp³-hybridized carbons (Fsp3) is 0.364. The summed E-state index contributed by atoms with van der Waals surface area (Å²) in [5.41, 5.74) is 2.55. The fourth-order valence-electron chi connectivity index (χ4n) is 3.92. The smallest absolute Gasteiger partial charge is 0.267 e. The Bertz CT molecular complexity index is 1160. The molecule has 1 aliphatic heterocycles. The number of carbonyl (C=O) groups excluding carboxylic acids is 1. The van der Waals surface area contributed by atoms with Crippen molar-refractivity contribution in [2.75, 3.05) is 54.9 Å². The lowest BCUT2D eigenvalue weighted by atomic mass is 9.94. The molecule has 3 heterocycles. The van der Waals surface area contributed by atoms with E-state index in [4.69, 9.17) is 16.7 Å². The predicted molar refractivity (Wildman–Crippen MR) is 140 cm³/mol. The summed E-state index contributed by atoms with van der Waals surface area (Å²) in [6.07, 6.45) is 1.54. The van der Waals surface area contributed by atoms with E-state index in [9.17, 15) is 4.79 Å².